The minimum Gasteiger partial charge on any atom is -0.370 e. The lowest BCUT2D eigenvalue weighted by molar-refractivity contribution is -0.125. The highest BCUT2D eigenvalue weighted by atomic mass is 16.2. The second kappa shape index (κ2) is 10.6. The van der Waals surface area contributed by atoms with Gasteiger partial charge < -0.3 is 21.2 Å². The standard InChI is InChI=1S/C19H29N3O3/c1-3-14(4-2)10-11-16(13-23)22(15-8-6-5-7-9-15)19(25)17(20)12-18(21)24/h5-9,13-14,16-17H,3-4,10-12,20H2,1-2H3,(H2,21,24)/t16-,17-/m0/s1. The summed E-state index contributed by atoms with van der Waals surface area (Å²) < 4.78 is 0. The van der Waals surface area contributed by atoms with Crippen LogP contribution in [0.2, 0.25) is 0 Å². The first-order valence-electron chi connectivity index (χ1n) is 8.81. The zero-order chi connectivity index (χ0) is 18.8. The number of primary amides is 1. The van der Waals surface area contributed by atoms with Crippen LogP contribution in [0.3, 0.4) is 0 Å². The van der Waals surface area contributed by atoms with Crippen molar-refractivity contribution in [1.29, 1.82) is 0 Å². The molecular formula is C19H29N3O3. The molecule has 0 unspecified atom stereocenters. The van der Waals surface area contributed by atoms with Gasteiger partial charge in [-0.05, 0) is 30.9 Å². The Balaban J connectivity index is 3.05. The normalized spacial score (nSPS) is 13.3. The van der Waals surface area contributed by atoms with Gasteiger partial charge in [-0.3, -0.25) is 9.59 Å². The summed E-state index contributed by atoms with van der Waals surface area (Å²) in [7, 11) is 0. The Hall–Kier alpha value is -2.21. The van der Waals surface area contributed by atoms with Gasteiger partial charge in [0.1, 0.15) is 6.29 Å². The number of nitrogens with two attached hydrogens (primary N) is 2. The van der Waals surface area contributed by atoms with E-state index in [2.05, 4.69) is 13.8 Å². The van der Waals surface area contributed by atoms with Crippen LogP contribution in [-0.4, -0.2) is 30.2 Å². The number of anilines is 1. The largest absolute Gasteiger partial charge is 0.370 e. The van der Waals surface area contributed by atoms with Crippen molar-refractivity contribution in [2.75, 3.05) is 4.90 Å². The van der Waals surface area contributed by atoms with Crippen LogP contribution in [0.5, 0.6) is 0 Å². The van der Waals surface area contributed by atoms with Crippen molar-refractivity contribution >= 4 is 23.8 Å². The van der Waals surface area contributed by atoms with E-state index in [-0.39, 0.29) is 6.42 Å². The number of hydrogen-bond acceptors (Lipinski definition) is 4. The zero-order valence-electron chi connectivity index (χ0n) is 15.1. The molecule has 25 heavy (non-hydrogen) atoms. The Morgan fingerprint density at radius 3 is 2.20 bits per heavy atom. The summed E-state index contributed by atoms with van der Waals surface area (Å²) in [5.74, 6) is -0.602. The number of amides is 2. The molecule has 2 amide bonds. The van der Waals surface area contributed by atoms with Crippen molar-refractivity contribution < 1.29 is 14.4 Å². The number of carbonyl (C=O) groups is 3. The Labute approximate surface area is 149 Å². The van der Waals surface area contributed by atoms with E-state index in [1.54, 1.807) is 24.3 Å². The fourth-order valence-electron chi connectivity index (χ4n) is 2.91. The first-order valence-corrected chi connectivity index (χ1v) is 8.81. The lowest BCUT2D eigenvalue weighted by atomic mass is 9.94. The maximum Gasteiger partial charge on any atom is 0.245 e. The number of carbonyl (C=O) groups excluding carboxylic acids is 3. The molecule has 0 saturated heterocycles. The van der Waals surface area contributed by atoms with Crippen LogP contribution in [0, 0.1) is 5.92 Å². The molecule has 0 aliphatic carbocycles. The second-order valence-corrected chi connectivity index (χ2v) is 6.28. The third-order valence-corrected chi connectivity index (χ3v) is 4.52. The molecule has 0 fully saturated rings. The molecule has 1 aromatic rings. The third kappa shape index (κ3) is 6.31. The van der Waals surface area contributed by atoms with Gasteiger partial charge >= 0.3 is 0 Å². The Morgan fingerprint density at radius 1 is 1.12 bits per heavy atom. The van der Waals surface area contributed by atoms with Crippen LogP contribution in [0.15, 0.2) is 30.3 Å². The summed E-state index contributed by atoms with van der Waals surface area (Å²) in [6.07, 6.45) is 3.99. The first kappa shape index (κ1) is 20.8. The van der Waals surface area contributed by atoms with Crippen LogP contribution in [0.1, 0.15) is 46.0 Å². The molecule has 1 aromatic carbocycles. The topological polar surface area (TPSA) is 106 Å². The molecule has 0 aliphatic heterocycles. The highest BCUT2D eigenvalue weighted by Crippen LogP contribution is 2.23. The number of para-hydroxylation sites is 1. The van der Waals surface area contributed by atoms with E-state index in [0.717, 1.165) is 25.5 Å². The number of nitrogens with zero attached hydrogens (tertiary/aromatic N) is 1. The summed E-state index contributed by atoms with van der Waals surface area (Å²) in [6.45, 7) is 4.24. The number of aldehydes is 1. The van der Waals surface area contributed by atoms with E-state index in [4.69, 9.17) is 11.5 Å². The van der Waals surface area contributed by atoms with Gasteiger partial charge in [-0.15, -0.1) is 0 Å². The minimum atomic E-state index is -1.06. The van der Waals surface area contributed by atoms with Crippen LogP contribution < -0.4 is 16.4 Å². The summed E-state index contributed by atoms with van der Waals surface area (Å²) in [4.78, 5) is 37.0. The van der Waals surface area contributed by atoms with E-state index < -0.39 is 23.9 Å². The molecule has 2 atom stereocenters. The number of hydrogen-bond donors (Lipinski definition) is 2. The summed E-state index contributed by atoms with van der Waals surface area (Å²) in [5, 5.41) is 0. The van der Waals surface area contributed by atoms with Gasteiger partial charge in [0.15, 0.2) is 0 Å². The maximum atomic E-state index is 12.8. The zero-order valence-corrected chi connectivity index (χ0v) is 15.1. The summed E-state index contributed by atoms with van der Waals surface area (Å²) in [5.41, 5.74) is 11.6. The molecule has 138 valence electrons. The van der Waals surface area contributed by atoms with Gasteiger partial charge in [-0.25, -0.2) is 0 Å². The molecule has 0 aliphatic rings. The van der Waals surface area contributed by atoms with Crippen molar-refractivity contribution in [3.05, 3.63) is 30.3 Å². The quantitative estimate of drug-likeness (QED) is 0.597. The van der Waals surface area contributed by atoms with Crippen LogP contribution >= 0.6 is 0 Å². The fourth-order valence-corrected chi connectivity index (χ4v) is 2.91. The molecule has 4 N–H and O–H groups in total. The van der Waals surface area contributed by atoms with E-state index in [1.807, 2.05) is 6.07 Å². The molecule has 0 spiro atoms. The molecule has 0 saturated carbocycles. The molecular weight excluding hydrogens is 318 g/mol. The Kier molecular flexibility index (Phi) is 8.84. The molecule has 6 nitrogen and oxygen atoms in total. The number of rotatable bonds is 11. The van der Waals surface area contributed by atoms with Crippen molar-refractivity contribution in [3.8, 4) is 0 Å². The maximum absolute atomic E-state index is 12.8. The molecule has 0 bridgehead atoms. The summed E-state index contributed by atoms with van der Waals surface area (Å²) in [6, 6.07) is 7.24. The van der Waals surface area contributed by atoms with Crippen LogP contribution in [0.4, 0.5) is 5.69 Å². The molecule has 0 radical (unpaired) electrons. The van der Waals surface area contributed by atoms with Crippen molar-refractivity contribution in [1.82, 2.24) is 0 Å². The van der Waals surface area contributed by atoms with Gasteiger partial charge in [0, 0.05) is 5.69 Å². The molecule has 0 aromatic heterocycles. The Bertz CT molecular complexity index is 558. The van der Waals surface area contributed by atoms with Crippen molar-refractivity contribution in [2.24, 2.45) is 17.4 Å². The fraction of sp³-hybridized carbons (Fsp3) is 0.526. The average Bonchev–Trinajstić information content (AvgIpc) is 2.61. The van der Waals surface area contributed by atoms with Crippen molar-refractivity contribution in [3.63, 3.8) is 0 Å². The predicted molar refractivity (Wildman–Crippen MR) is 98.9 cm³/mol. The Morgan fingerprint density at radius 2 is 1.72 bits per heavy atom. The highest BCUT2D eigenvalue weighted by molar-refractivity contribution is 6.02. The van der Waals surface area contributed by atoms with Crippen LogP contribution in [-0.2, 0) is 14.4 Å². The molecule has 6 heteroatoms. The lowest BCUT2D eigenvalue weighted by Crippen LogP contribution is -2.51. The van der Waals surface area contributed by atoms with Gasteiger partial charge in [0.25, 0.3) is 0 Å². The monoisotopic (exact) mass is 347 g/mol. The molecule has 1 rings (SSSR count). The smallest absolute Gasteiger partial charge is 0.245 e. The third-order valence-electron chi connectivity index (χ3n) is 4.52. The highest BCUT2D eigenvalue weighted by Gasteiger charge is 2.30. The SMILES string of the molecule is CCC(CC)CC[C@@H](C=O)N(C(=O)[C@@H](N)CC(N)=O)c1ccccc1. The number of benzene rings is 1. The van der Waals surface area contributed by atoms with Gasteiger partial charge in [-0.1, -0.05) is 44.9 Å². The van der Waals surface area contributed by atoms with E-state index in [9.17, 15) is 14.4 Å². The van der Waals surface area contributed by atoms with E-state index in [1.165, 1.54) is 4.90 Å². The van der Waals surface area contributed by atoms with Gasteiger partial charge in [-0.2, -0.15) is 0 Å². The van der Waals surface area contributed by atoms with Gasteiger partial charge in [0.2, 0.25) is 11.8 Å². The second-order valence-electron chi connectivity index (χ2n) is 6.28. The molecule has 0 heterocycles. The summed E-state index contributed by atoms with van der Waals surface area (Å²) >= 11 is 0. The van der Waals surface area contributed by atoms with Crippen molar-refractivity contribution in [2.45, 2.75) is 58.0 Å². The van der Waals surface area contributed by atoms with Crippen LogP contribution in [0.25, 0.3) is 0 Å². The minimum absolute atomic E-state index is 0.250. The lowest BCUT2D eigenvalue weighted by Gasteiger charge is -2.31. The van der Waals surface area contributed by atoms with E-state index in [0.29, 0.717) is 18.0 Å². The van der Waals surface area contributed by atoms with E-state index >= 15 is 0 Å². The van der Waals surface area contributed by atoms with Gasteiger partial charge in [0.05, 0.1) is 18.5 Å². The first-order chi connectivity index (χ1) is 11.9. The predicted octanol–water partition coefficient (Wildman–Crippen LogP) is 2.01. The average molecular weight is 347 g/mol.